The third kappa shape index (κ3) is 4.34. The highest BCUT2D eigenvalue weighted by Gasteiger charge is 2.04. The van der Waals surface area contributed by atoms with Crippen LogP contribution in [0.15, 0.2) is 18.5 Å². The lowest BCUT2D eigenvalue weighted by molar-refractivity contribution is -0.118. The molecule has 0 atom stereocenters. The number of rotatable bonds is 2. The number of ether oxygens (including phenoxy) is 1. The molecule has 1 aromatic heterocycles. The van der Waals surface area contributed by atoms with Gasteiger partial charge >= 0.3 is 5.97 Å². The van der Waals surface area contributed by atoms with Crippen molar-refractivity contribution >= 4 is 11.9 Å². The Balaban J connectivity index is 2.71. The third-order valence-electron chi connectivity index (χ3n) is 1.82. The molecule has 0 radical (unpaired) electrons. The first-order valence-corrected chi connectivity index (χ1v) is 4.90. The van der Waals surface area contributed by atoms with Crippen molar-refractivity contribution in [3.63, 3.8) is 0 Å². The number of pyridine rings is 1. The van der Waals surface area contributed by atoms with Gasteiger partial charge in [0, 0.05) is 24.9 Å². The molecule has 0 spiro atoms. The van der Waals surface area contributed by atoms with Gasteiger partial charge in [-0.3, -0.25) is 9.78 Å². The summed E-state index contributed by atoms with van der Waals surface area (Å²) in [5, 5.41) is 2.54. The molecule has 0 aliphatic carbocycles. The van der Waals surface area contributed by atoms with Crippen molar-refractivity contribution in [1.29, 1.82) is 0 Å². The number of carbonyl (C=O) groups excluding carboxylic acids is 2. The van der Waals surface area contributed by atoms with Crippen LogP contribution in [0.3, 0.4) is 0 Å². The molecule has 17 heavy (non-hydrogen) atoms. The fourth-order valence-electron chi connectivity index (χ4n) is 1.05. The van der Waals surface area contributed by atoms with Gasteiger partial charge in [0.1, 0.15) is 0 Å². The minimum absolute atomic E-state index is 0.138. The van der Waals surface area contributed by atoms with Crippen LogP contribution in [0.4, 0.5) is 0 Å². The molecule has 0 bridgehead atoms. The quantitative estimate of drug-likeness (QED) is 0.590. The molecule has 88 valence electrons. The smallest absolute Gasteiger partial charge is 0.339 e. The van der Waals surface area contributed by atoms with Crippen LogP contribution in [0.1, 0.15) is 22.8 Å². The summed E-state index contributed by atoms with van der Waals surface area (Å²) in [4.78, 5) is 25.7. The highest BCUT2D eigenvalue weighted by Crippen LogP contribution is 2.02. The minimum atomic E-state index is -0.456. The second-order valence-corrected chi connectivity index (χ2v) is 3.17. The van der Waals surface area contributed by atoms with Crippen molar-refractivity contribution in [3.05, 3.63) is 29.6 Å². The molecule has 5 heteroatoms. The van der Waals surface area contributed by atoms with Crippen molar-refractivity contribution < 1.29 is 14.3 Å². The third-order valence-corrected chi connectivity index (χ3v) is 1.82. The number of carbonyl (C=O) groups is 2. The van der Waals surface area contributed by atoms with Gasteiger partial charge in [-0.15, -0.1) is 0 Å². The van der Waals surface area contributed by atoms with Gasteiger partial charge in [0.15, 0.2) is 0 Å². The van der Waals surface area contributed by atoms with E-state index >= 15 is 0 Å². The fraction of sp³-hybridized carbons (Fsp3) is 0.250. The second kappa shape index (κ2) is 6.28. The van der Waals surface area contributed by atoms with E-state index in [9.17, 15) is 9.59 Å². The zero-order chi connectivity index (χ0) is 12.7. The van der Waals surface area contributed by atoms with Crippen molar-refractivity contribution in [2.75, 3.05) is 13.7 Å². The van der Waals surface area contributed by atoms with Gasteiger partial charge in [-0.05, 0) is 6.07 Å². The lowest BCUT2D eigenvalue weighted by Gasteiger charge is -1.98. The number of hydrogen-bond acceptors (Lipinski definition) is 4. The molecule has 5 nitrogen and oxygen atoms in total. The molecule has 0 aliphatic rings. The summed E-state index contributed by atoms with van der Waals surface area (Å²) >= 11 is 0. The van der Waals surface area contributed by atoms with Crippen LogP contribution in [-0.2, 0) is 9.53 Å². The van der Waals surface area contributed by atoms with E-state index in [-0.39, 0.29) is 12.5 Å². The van der Waals surface area contributed by atoms with Crippen LogP contribution in [0.5, 0.6) is 0 Å². The van der Waals surface area contributed by atoms with Crippen LogP contribution in [-0.4, -0.2) is 30.5 Å². The maximum Gasteiger partial charge on any atom is 0.339 e. The highest BCUT2D eigenvalue weighted by molar-refractivity contribution is 5.89. The van der Waals surface area contributed by atoms with Crippen molar-refractivity contribution in [2.45, 2.75) is 6.92 Å². The second-order valence-electron chi connectivity index (χ2n) is 3.17. The maximum atomic E-state index is 11.2. The number of aromatic nitrogens is 1. The number of nitrogens with zero attached hydrogens (tertiary/aromatic N) is 1. The van der Waals surface area contributed by atoms with Crippen LogP contribution in [0, 0.1) is 11.8 Å². The first kappa shape index (κ1) is 12.7. The summed E-state index contributed by atoms with van der Waals surface area (Å²) in [5.74, 6) is 4.93. The van der Waals surface area contributed by atoms with Crippen molar-refractivity contribution in [3.8, 4) is 11.8 Å². The van der Waals surface area contributed by atoms with E-state index in [1.807, 2.05) is 0 Å². The molecule has 1 aromatic rings. The molecule has 0 fully saturated rings. The van der Waals surface area contributed by atoms with Gasteiger partial charge in [-0.2, -0.15) is 0 Å². The maximum absolute atomic E-state index is 11.2. The Hall–Kier alpha value is -2.35. The fourth-order valence-corrected chi connectivity index (χ4v) is 1.05. The van der Waals surface area contributed by atoms with Crippen molar-refractivity contribution in [1.82, 2.24) is 10.3 Å². The van der Waals surface area contributed by atoms with E-state index in [1.165, 1.54) is 26.4 Å². The van der Waals surface area contributed by atoms with Crippen LogP contribution >= 0.6 is 0 Å². The molecular formula is C12H12N2O3. The van der Waals surface area contributed by atoms with Crippen LogP contribution in [0.2, 0.25) is 0 Å². The summed E-state index contributed by atoms with van der Waals surface area (Å²) in [6.45, 7) is 1.68. The Morgan fingerprint density at radius 3 is 2.88 bits per heavy atom. The molecule has 1 N–H and O–H groups in total. The van der Waals surface area contributed by atoms with Gasteiger partial charge in [-0.25, -0.2) is 4.79 Å². The lowest BCUT2D eigenvalue weighted by Crippen LogP contribution is -2.19. The van der Waals surface area contributed by atoms with Gasteiger partial charge < -0.3 is 10.1 Å². The molecule has 0 aromatic carbocycles. The predicted octanol–water partition coefficient (Wildman–Crippen LogP) is 0.356. The predicted molar refractivity (Wildman–Crippen MR) is 61.1 cm³/mol. The van der Waals surface area contributed by atoms with E-state index in [0.29, 0.717) is 11.1 Å². The van der Waals surface area contributed by atoms with Gasteiger partial charge in [-0.1, -0.05) is 11.8 Å². The van der Waals surface area contributed by atoms with E-state index in [2.05, 4.69) is 26.9 Å². The van der Waals surface area contributed by atoms with E-state index in [0.717, 1.165) is 0 Å². The van der Waals surface area contributed by atoms with Gasteiger partial charge in [0.25, 0.3) is 0 Å². The van der Waals surface area contributed by atoms with Gasteiger partial charge in [0.05, 0.1) is 19.2 Å². The molecule has 0 saturated carbocycles. The molecule has 1 amide bonds. The normalized spacial score (nSPS) is 8.82. The van der Waals surface area contributed by atoms with E-state index in [1.54, 1.807) is 6.07 Å². The highest BCUT2D eigenvalue weighted by atomic mass is 16.5. The Bertz CT molecular complexity index is 486. The number of hydrogen-bond donors (Lipinski definition) is 1. The molecule has 0 saturated heterocycles. The molecular weight excluding hydrogens is 220 g/mol. The Labute approximate surface area is 99.2 Å². The number of methoxy groups -OCH3 is 1. The molecule has 1 heterocycles. The van der Waals surface area contributed by atoms with Crippen LogP contribution in [0.25, 0.3) is 0 Å². The minimum Gasteiger partial charge on any atom is -0.465 e. The summed E-state index contributed by atoms with van der Waals surface area (Å²) in [5.41, 5.74) is 0.942. The zero-order valence-electron chi connectivity index (χ0n) is 9.61. The SMILES string of the molecule is COC(=O)c1cncc(C#CCNC(C)=O)c1. The number of nitrogens with one attached hydrogen (secondary N) is 1. The summed E-state index contributed by atoms with van der Waals surface area (Å²) < 4.78 is 4.56. The molecule has 1 rings (SSSR count). The Kier molecular flexibility index (Phi) is 4.70. The van der Waals surface area contributed by atoms with E-state index < -0.39 is 5.97 Å². The largest absolute Gasteiger partial charge is 0.465 e. The molecule has 0 aliphatic heterocycles. The van der Waals surface area contributed by atoms with Crippen LogP contribution < -0.4 is 5.32 Å². The van der Waals surface area contributed by atoms with Crippen molar-refractivity contribution in [2.24, 2.45) is 0 Å². The monoisotopic (exact) mass is 232 g/mol. The summed E-state index contributed by atoms with van der Waals surface area (Å²) in [6, 6.07) is 1.58. The Morgan fingerprint density at radius 1 is 1.47 bits per heavy atom. The lowest BCUT2D eigenvalue weighted by atomic mass is 10.2. The van der Waals surface area contributed by atoms with E-state index in [4.69, 9.17) is 0 Å². The first-order valence-electron chi connectivity index (χ1n) is 4.90. The average Bonchev–Trinajstić information content (AvgIpc) is 2.34. The average molecular weight is 232 g/mol. The zero-order valence-corrected chi connectivity index (χ0v) is 9.61. The first-order chi connectivity index (χ1) is 8.13. The summed E-state index contributed by atoms with van der Waals surface area (Å²) in [7, 11) is 1.30. The van der Waals surface area contributed by atoms with Gasteiger partial charge in [0.2, 0.25) is 5.91 Å². The molecule has 0 unspecified atom stereocenters. The Morgan fingerprint density at radius 2 is 2.24 bits per heavy atom. The number of amides is 1. The topological polar surface area (TPSA) is 68.3 Å². The standard InChI is InChI=1S/C12H12N2O3/c1-9(15)14-5-3-4-10-6-11(8-13-7-10)12(16)17-2/h6-8H,5H2,1-2H3,(H,14,15). The summed E-state index contributed by atoms with van der Waals surface area (Å²) in [6.07, 6.45) is 2.94. The number of esters is 1.